The molecular weight excluding hydrogens is 274 g/mol. The van der Waals surface area contributed by atoms with Gasteiger partial charge in [-0.25, -0.2) is 4.68 Å². The van der Waals surface area contributed by atoms with Crippen LogP contribution in [0.15, 0.2) is 42.7 Å². The smallest absolute Gasteiger partial charge is 0.220 e. The van der Waals surface area contributed by atoms with E-state index in [9.17, 15) is 4.79 Å². The van der Waals surface area contributed by atoms with Crippen LogP contribution in [0.4, 0.5) is 0 Å². The third-order valence-electron chi connectivity index (χ3n) is 3.58. The van der Waals surface area contributed by atoms with Crippen LogP contribution in [0.5, 0.6) is 0 Å². The summed E-state index contributed by atoms with van der Waals surface area (Å²) in [5, 5.41) is 7.32. The Morgan fingerprint density at radius 3 is 2.77 bits per heavy atom. The van der Waals surface area contributed by atoms with Crippen LogP contribution in [0.1, 0.15) is 38.7 Å². The number of carbonyl (C=O) groups is 1. The van der Waals surface area contributed by atoms with Gasteiger partial charge in [-0.15, -0.1) is 0 Å². The molecule has 0 saturated carbocycles. The number of hydrogen-bond acceptors (Lipinski definition) is 2. The Balaban J connectivity index is 1.73. The molecule has 2 aromatic rings. The predicted molar refractivity (Wildman–Crippen MR) is 89.0 cm³/mol. The average molecular weight is 299 g/mol. The first kappa shape index (κ1) is 16.3. The van der Waals surface area contributed by atoms with Crippen LogP contribution in [-0.2, 0) is 11.2 Å². The maximum Gasteiger partial charge on any atom is 0.220 e. The molecule has 4 heteroatoms. The third-order valence-corrected chi connectivity index (χ3v) is 3.58. The molecule has 1 N–H and O–H groups in total. The van der Waals surface area contributed by atoms with E-state index in [0.29, 0.717) is 12.3 Å². The second-order valence-electron chi connectivity index (χ2n) is 6.01. The normalized spacial score (nSPS) is 10.9. The standard InChI is InChI=1S/C18H25N3O/c1-15(2)7-6-12-19-18(22)11-10-16-13-20-21(14-16)17-8-4-3-5-9-17/h3-5,8-9,13-15H,6-7,10-12H2,1-2H3,(H,19,22). The summed E-state index contributed by atoms with van der Waals surface area (Å²) >= 11 is 0. The molecular formula is C18H25N3O. The zero-order valence-corrected chi connectivity index (χ0v) is 13.5. The van der Waals surface area contributed by atoms with Gasteiger partial charge in [0, 0.05) is 19.2 Å². The fourth-order valence-electron chi connectivity index (χ4n) is 2.30. The van der Waals surface area contributed by atoms with Crippen molar-refractivity contribution < 1.29 is 4.79 Å². The summed E-state index contributed by atoms with van der Waals surface area (Å²) in [7, 11) is 0. The lowest BCUT2D eigenvalue weighted by Gasteiger charge is -2.06. The van der Waals surface area contributed by atoms with Gasteiger partial charge in [-0.1, -0.05) is 32.0 Å². The number of aromatic nitrogens is 2. The van der Waals surface area contributed by atoms with Crippen LogP contribution in [0.25, 0.3) is 5.69 Å². The highest BCUT2D eigenvalue weighted by atomic mass is 16.1. The van der Waals surface area contributed by atoms with Crippen LogP contribution in [-0.4, -0.2) is 22.2 Å². The van der Waals surface area contributed by atoms with Gasteiger partial charge >= 0.3 is 0 Å². The van der Waals surface area contributed by atoms with Crippen molar-refractivity contribution in [1.29, 1.82) is 0 Å². The van der Waals surface area contributed by atoms with Gasteiger partial charge in [0.15, 0.2) is 0 Å². The summed E-state index contributed by atoms with van der Waals surface area (Å²) in [6, 6.07) is 9.98. The maximum absolute atomic E-state index is 11.8. The highest BCUT2D eigenvalue weighted by Gasteiger charge is 2.05. The van der Waals surface area contributed by atoms with Crippen LogP contribution >= 0.6 is 0 Å². The summed E-state index contributed by atoms with van der Waals surface area (Å²) in [4.78, 5) is 11.8. The second-order valence-corrected chi connectivity index (χ2v) is 6.01. The molecule has 4 nitrogen and oxygen atoms in total. The van der Waals surface area contributed by atoms with E-state index in [1.807, 2.05) is 47.4 Å². The number of rotatable bonds is 8. The summed E-state index contributed by atoms with van der Waals surface area (Å²) in [5.41, 5.74) is 2.12. The first-order valence-electron chi connectivity index (χ1n) is 8.01. The van der Waals surface area contributed by atoms with E-state index in [1.54, 1.807) is 0 Å². The predicted octanol–water partition coefficient (Wildman–Crippen LogP) is 3.36. The molecule has 118 valence electrons. The van der Waals surface area contributed by atoms with Crippen LogP contribution in [0, 0.1) is 5.92 Å². The number of amides is 1. The zero-order valence-electron chi connectivity index (χ0n) is 13.5. The van der Waals surface area contributed by atoms with E-state index in [0.717, 1.165) is 37.1 Å². The van der Waals surface area contributed by atoms with Crippen molar-refractivity contribution in [2.45, 2.75) is 39.5 Å². The summed E-state index contributed by atoms with van der Waals surface area (Å²) in [5.74, 6) is 0.817. The van der Waals surface area contributed by atoms with Gasteiger partial charge in [0.25, 0.3) is 0 Å². The molecule has 1 amide bonds. The highest BCUT2D eigenvalue weighted by molar-refractivity contribution is 5.76. The number of benzene rings is 1. The molecule has 1 aromatic heterocycles. The fourth-order valence-corrected chi connectivity index (χ4v) is 2.30. The number of para-hydroxylation sites is 1. The molecule has 0 aliphatic heterocycles. The minimum atomic E-state index is 0.121. The van der Waals surface area contributed by atoms with E-state index in [4.69, 9.17) is 0 Å². The molecule has 0 aliphatic rings. The molecule has 0 unspecified atom stereocenters. The van der Waals surface area contributed by atoms with Gasteiger partial charge < -0.3 is 5.32 Å². The Hall–Kier alpha value is -2.10. The molecule has 2 rings (SSSR count). The lowest BCUT2D eigenvalue weighted by molar-refractivity contribution is -0.121. The number of hydrogen-bond donors (Lipinski definition) is 1. The average Bonchev–Trinajstić information content (AvgIpc) is 2.99. The molecule has 0 aliphatic carbocycles. The Labute approximate surface area is 132 Å². The highest BCUT2D eigenvalue weighted by Crippen LogP contribution is 2.09. The molecule has 0 spiro atoms. The summed E-state index contributed by atoms with van der Waals surface area (Å²) in [6.45, 7) is 5.18. The van der Waals surface area contributed by atoms with Gasteiger partial charge in [-0.3, -0.25) is 4.79 Å². The lowest BCUT2D eigenvalue weighted by Crippen LogP contribution is -2.24. The Morgan fingerprint density at radius 2 is 2.05 bits per heavy atom. The number of nitrogens with zero attached hydrogens (tertiary/aromatic N) is 2. The van der Waals surface area contributed by atoms with E-state index in [2.05, 4.69) is 24.3 Å². The first-order valence-corrected chi connectivity index (χ1v) is 8.01. The molecule has 0 atom stereocenters. The fraction of sp³-hybridized carbons (Fsp3) is 0.444. The van der Waals surface area contributed by atoms with Crippen molar-refractivity contribution >= 4 is 5.91 Å². The Kier molecular flexibility index (Phi) is 6.19. The van der Waals surface area contributed by atoms with Crippen LogP contribution < -0.4 is 5.32 Å². The van der Waals surface area contributed by atoms with Crippen molar-refractivity contribution in [3.63, 3.8) is 0 Å². The van der Waals surface area contributed by atoms with Gasteiger partial charge in [0.2, 0.25) is 5.91 Å². The maximum atomic E-state index is 11.8. The molecule has 0 saturated heterocycles. The summed E-state index contributed by atoms with van der Waals surface area (Å²) < 4.78 is 1.84. The van der Waals surface area contributed by atoms with Gasteiger partial charge in [-0.2, -0.15) is 5.10 Å². The van der Waals surface area contributed by atoms with Crippen molar-refractivity contribution in [2.24, 2.45) is 5.92 Å². The lowest BCUT2D eigenvalue weighted by atomic mass is 10.1. The third kappa shape index (κ3) is 5.35. The van der Waals surface area contributed by atoms with Crippen molar-refractivity contribution in [3.8, 4) is 5.69 Å². The minimum absolute atomic E-state index is 0.121. The van der Waals surface area contributed by atoms with E-state index >= 15 is 0 Å². The minimum Gasteiger partial charge on any atom is -0.356 e. The van der Waals surface area contributed by atoms with Crippen molar-refractivity contribution in [1.82, 2.24) is 15.1 Å². The Morgan fingerprint density at radius 1 is 1.27 bits per heavy atom. The molecule has 0 bridgehead atoms. The van der Waals surface area contributed by atoms with E-state index in [1.165, 1.54) is 0 Å². The van der Waals surface area contributed by atoms with Crippen molar-refractivity contribution in [3.05, 3.63) is 48.3 Å². The Bertz CT molecular complexity index is 575. The second kappa shape index (κ2) is 8.37. The SMILES string of the molecule is CC(C)CCCNC(=O)CCc1cnn(-c2ccccc2)c1. The van der Waals surface area contributed by atoms with Gasteiger partial charge in [0.05, 0.1) is 11.9 Å². The molecule has 22 heavy (non-hydrogen) atoms. The van der Waals surface area contributed by atoms with Crippen LogP contribution in [0.3, 0.4) is 0 Å². The van der Waals surface area contributed by atoms with Crippen molar-refractivity contribution in [2.75, 3.05) is 6.54 Å². The van der Waals surface area contributed by atoms with E-state index < -0.39 is 0 Å². The van der Waals surface area contributed by atoms with E-state index in [-0.39, 0.29) is 5.91 Å². The number of nitrogens with one attached hydrogen (secondary N) is 1. The molecule has 0 radical (unpaired) electrons. The number of carbonyl (C=O) groups excluding carboxylic acids is 1. The largest absolute Gasteiger partial charge is 0.356 e. The zero-order chi connectivity index (χ0) is 15.8. The molecule has 0 fully saturated rings. The summed E-state index contributed by atoms with van der Waals surface area (Å²) in [6.07, 6.45) is 7.27. The first-order chi connectivity index (χ1) is 10.6. The van der Waals surface area contributed by atoms with Gasteiger partial charge in [-0.05, 0) is 42.9 Å². The molecule has 1 aromatic carbocycles. The monoisotopic (exact) mass is 299 g/mol. The molecule has 1 heterocycles. The quantitative estimate of drug-likeness (QED) is 0.760. The topological polar surface area (TPSA) is 46.9 Å². The number of aryl methyl sites for hydroxylation is 1. The van der Waals surface area contributed by atoms with Gasteiger partial charge in [0.1, 0.15) is 0 Å². The van der Waals surface area contributed by atoms with Crippen LogP contribution in [0.2, 0.25) is 0 Å².